The minimum atomic E-state index is 0.546. The van der Waals surface area contributed by atoms with Gasteiger partial charge in [-0.3, -0.25) is 10.9 Å². The van der Waals surface area contributed by atoms with Crippen LogP contribution in [-0.4, -0.2) is 146 Å². The van der Waals surface area contributed by atoms with E-state index in [4.69, 9.17) is 0 Å². The van der Waals surface area contributed by atoms with Gasteiger partial charge >= 0.3 is 0 Å². The quantitative estimate of drug-likeness (QED) is 0.158. The molecule has 6 atom stereocenters. The Morgan fingerprint density at radius 2 is 0.789 bits per heavy atom. The Hall–Kier alpha value is -0.440. The molecule has 10 fully saturated rings. The average molecular weight is 810 g/mol. The van der Waals surface area contributed by atoms with Crippen LogP contribution in [0.4, 0.5) is 0 Å². The van der Waals surface area contributed by atoms with Crippen molar-refractivity contribution in [1.82, 2.24) is 57.9 Å². The summed E-state index contributed by atoms with van der Waals surface area (Å²) in [4.78, 5) is 4.67. The third kappa shape index (κ3) is 36.0. The molecule has 0 aromatic rings. The van der Waals surface area contributed by atoms with Gasteiger partial charge in [-0.05, 0) is 209 Å². The Balaban J connectivity index is 0.000000317. The highest BCUT2D eigenvalue weighted by Crippen LogP contribution is 2.24. The molecule has 57 heavy (non-hydrogen) atoms. The van der Waals surface area contributed by atoms with Crippen LogP contribution >= 0.6 is 0 Å². The minimum Gasteiger partial charge on any atom is -0.316 e. The standard InChI is InChI=1S/5C5H11N.C5H10.2C4H10N2.2C4H9N/c2*1-5-2-3-6-4-5;1-6-4-2-3-5-6;2*1-5-3-2-4-6-5;1-5-3-2-4-5;1-4-5-2-3-6-4;1-4-2-3-5-6-4;1-5-3-2-4-5;1-4-2-3-5-4/h2*5-6H,2-4H2,1H3;2-5H2,1H3;2*5-6H,2-4H2,1H3;5H,2-4H2,1H3;2*4-6H,2-3H2,1H3;2-4H2,1H3;4-5H,2-3H2,1H3. The fourth-order valence-electron chi connectivity index (χ4n) is 6.97. The second-order valence-electron chi connectivity index (χ2n) is 18.9. The van der Waals surface area contributed by atoms with Crippen molar-refractivity contribution in [3.63, 3.8) is 0 Å². The van der Waals surface area contributed by atoms with Gasteiger partial charge in [0, 0.05) is 43.8 Å². The Bertz CT molecular complexity index is 633. The first-order valence-electron chi connectivity index (χ1n) is 24.4. The molecular formula is C46H103N11. The van der Waals surface area contributed by atoms with E-state index in [1.165, 1.54) is 162 Å². The molecule has 1 aliphatic carbocycles. The van der Waals surface area contributed by atoms with Crippen LogP contribution in [0.5, 0.6) is 0 Å². The van der Waals surface area contributed by atoms with Gasteiger partial charge in [0.05, 0.1) is 6.17 Å². The number of nitrogens with zero attached hydrogens (tertiary/aromatic N) is 2. The molecule has 11 heteroatoms. The zero-order valence-corrected chi connectivity index (χ0v) is 39.8. The predicted octanol–water partition coefficient (Wildman–Crippen LogP) is 5.35. The summed E-state index contributed by atoms with van der Waals surface area (Å²) in [5.74, 6) is 2.94. The second-order valence-corrected chi connectivity index (χ2v) is 18.9. The molecule has 1 saturated carbocycles. The van der Waals surface area contributed by atoms with Gasteiger partial charge in [-0.1, -0.05) is 40.0 Å². The largest absolute Gasteiger partial charge is 0.316 e. The molecule has 9 saturated heterocycles. The van der Waals surface area contributed by atoms with Gasteiger partial charge in [-0.2, -0.15) is 0 Å². The first-order chi connectivity index (χ1) is 27.4. The third-order valence-corrected chi connectivity index (χ3v) is 12.2. The predicted molar refractivity (Wildman–Crippen MR) is 251 cm³/mol. The highest BCUT2D eigenvalue weighted by atomic mass is 15.4. The highest BCUT2D eigenvalue weighted by Gasteiger charge is 2.11. The summed E-state index contributed by atoms with van der Waals surface area (Å²) in [7, 11) is 4.32. The number of rotatable bonds is 0. The normalized spacial score (nSPS) is 31.3. The van der Waals surface area contributed by atoms with Crippen molar-refractivity contribution in [2.75, 3.05) is 106 Å². The van der Waals surface area contributed by atoms with Crippen molar-refractivity contribution in [3.8, 4) is 0 Å². The van der Waals surface area contributed by atoms with Crippen LogP contribution in [0.3, 0.4) is 0 Å². The molecule has 9 heterocycles. The third-order valence-electron chi connectivity index (χ3n) is 12.2. The highest BCUT2D eigenvalue weighted by molar-refractivity contribution is 4.71. The molecule has 0 amide bonds. The van der Waals surface area contributed by atoms with Crippen LogP contribution in [0.25, 0.3) is 0 Å². The van der Waals surface area contributed by atoms with E-state index >= 15 is 0 Å². The summed E-state index contributed by atoms with van der Waals surface area (Å²) >= 11 is 0. The lowest BCUT2D eigenvalue weighted by Crippen LogP contribution is -2.39. The van der Waals surface area contributed by atoms with E-state index in [-0.39, 0.29) is 0 Å². The van der Waals surface area contributed by atoms with Crippen LogP contribution in [0.1, 0.15) is 145 Å². The van der Waals surface area contributed by atoms with Crippen molar-refractivity contribution < 1.29 is 0 Å². The van der Waals surface area contributed by atoms with Crippen LogP contribution in [0, 0.1) is 17.8 Å². The minimum absolute atomic E-state index is 0.546. The van der Waals surface area contributed by atoms with Crippen LogP contribution in [0.2, 0.25) is 0 Å². The Labute approximate surface area is 356 Å². The fourth-order valence-corrected chi connectivity index (χ4v) is 6.97. The smallest absolute Gasteiger partial charge is 0.0543 e. The van der Waals surface area contributed by atoms with E-state index in [2.05, 4.69) is 127 Å². The maximum atomic E-state index is 3.32. The molecule has 0 radical (unpaired) electrons. The lowest BCUT2D eigenvalue weighted by atomic mass is 9.88. The van der Waals surface area contributed by atoms with Gasteiger partial charge in [-0.25, -0.2) is 0 Å². The maximum Gasteiger partial charge on any atom is 0.0543 e. The van der Waals surface area contributed by atoms with Crippen molar-refractivity contribution >= 4 is 0 Å². The van der Waals surface area contributed by atoms with E-state index in [9.17, 15) is 0 Å². The molecule has 10 aliphatic rings. The number of nitrogens with one attached hydrogen (secondary N) is 9. The average Bonchev–Trinajstić information content (AvgIpc) is 3.99. The van der Waals surface area contributed by atoms with Gasteiger partial charge in [-0.15, -0.1) is 0 Å². The molecule has 9 N–H and O–H groups in total. The Morgan fingerprint density at radius 1 is 0.351 bits per heavy atom. The van der Waals surface area contributed by atoms with Crippen molar-refractivity contribution in [2.45, 2.75) is 176 Å². The van der Waals surface area contributed by atoms with Crippen molar-refractivity contribution in [2.24, 2.45) is 17.8 Å². The molecular weight excluding hydrogens is 707 g/mol. The molecule has 10 rings (SSSR count). The van der Waals surface area contributed by atoms with Crippen LogP contribution < -0.4 is 48.1 Å². The Kier molecular flexibility index (Phi) is 35.7. The zero-order chi connectivity index (χ0) is 41.9. The van der Waals surface area contributed by atoms with Gasteiger partial charge in [0.15, 0.2) is 0 Å². The summed E-state index contributed by atoms with van der Waals surface area (Å²) < 4.78 is 0. The lowest BCUT2D eigenvalue weighted by Gasteiger charge is -2.24. The second kappa shape index (κ2) is 37.3. The van der Waals surface area contributed by atoms with E-state index in [0.717, 1.165) is 55.5 Å². The molecule has 0 bridgehead atoms. The summed E-state index contributed by atoms with van der Waals surface area (Å²) in [6.07, 6.45) is 20.1. The summed E-state index contributed by atoms with van der Waals surface area (Å²) in [6, 6.07) is 3.09. The first kappa shape index (κ1) is 54.6. The van der Waals surface area contributed by atoms with E-state index in [1.54, 1.807) is 0 Å². The zero-order valence-electron chi connectivity index (χ0n) is 39.8. The number of hydrogen-bond donors (Lipinski definition) is 9. The van der Waals surface area contributed by atoms with Crippen LogP contribution in [-0.2, 0) is 0 Å². The molecule has 6 unspecified atom stereocenters. The van der Waals surface area contributed by atoms with Gasteiger partial charge in [0.25, 0.3) is 0 Å². The monoisotopic (exact) mass is 810 g/mol. The van der Waals surface area contributed by atoms with Crippen molar-refractivity contribution in [1.29, 1.82) is 0 Å². The molecule has 0 spiro atoms. The SMILES string of the molecule is CC1CCC1.CC1CCCN1.CC1CCCN1.CC1CCN1.CC1CCNC1.CC1CCNC1.CC1CCNN1.CC1NCCN1.CN1CCC1.CN1CCCC1. The molecule has 11 nitrogen and oxygen atoms in total. The summed E-state index contributed by atoms with van der Waals surface area (Å²) in [5.41, 5.74) is 6.09. The first-order valence-corrected chi connectivity index (χ1v) is 24.4. The van der Waals surface area contributed by atoms with E-state index in [1.807, 2.05) is 0 Å². The molecule has 9 aliphatic heterocycles. The molecule has 0 aromatic carbocycles. The van der Waals surface area contributed by atoms with Gasteiger partial charge < -0.3 is 47.0 Å². The lowest BCUT2D eigenvalue weighted by molar-refractivity contribution is 0.229. The maximum absolute atomic E-state index is 3.32. The van der Waals surface area contributed by atoms with E-state index in [0.29, 0.717) is 12.2 Å². The van der Waals surface area contributed by atoms with Crippen LogP contribution in [0.15, 0.2) is 0 Å². The number of hydrogen-bond acceptors (Lipinski definition) is 11. The number of likely N-dealkylation sites (tertiary alicyclic amines) is 2. The molecule has 342 valence electrons. The Morgan fingerprint density at radius 3 is 0.877 bits per heavy atom. The number of hydrazine groups is 1. The molecule has 0 aromatic heterocycles. The topological polar surface area (TPSA) is 115 Å². The van der Waals surface area contributed by atoms with E-state index < -0.39 is 0 Å². The fraction of sp³-hybridized carbons (Fsp3) is 1.00. The van der Waals surface area contributed by atoms with Crippen molar-refractivity contribution in [3.05, 3.63) is 0 Å². The van der Waals surface area contributed by atoms with Gasteiger partial charge in [0.1, 0.15) is 0 Å². The summed E-state index contributed by atoms with van der Waals surface area (Å²) in [6.45, 7) is 35.1. The van der Waals surface area contributed by atoms with Gasteiger partial charge in [0.2, 0.25) is 0 Å². The summed E-state index contributed by atoms with van der Waals surface area (Å²) in [5, 5.41) is 22.8.